The van der Waals surface area contributed by atoms with Gasteiger partial charge in [-0.25, -0.2) is 0 Å². The average Bonchev–Trinajstić information content (AvgIpc) is 2.71. The Balaban J connectivity index is 2.04. The van der Waals surface area contributed by atoms with Gasteiger partial charge in [-0.3, -0.25) is 4.99 Å². The molecule has 0 unspecified atom stereocenters. The first-order chi connectivity index (χ1) is 9.66. The highest BCUT2D eigenvalue weighted by Crippen LogP contribution is 2.30. The van der Waals surface area contributed by atoms with Gasteiger partial charge in [0.05, 0.1) is 17.4 Å². The molecule has 2 N–H and O–H groups in total. The Kier molecular flexibility index (Phi) is 2.91. The Hall–Kier alpha value is -2.75. The summed E-state index contributed by atoms with van der Waals surface area (Å²) in [7, 11) is 1.89. The number of phenols is 1. The Morgan fingerprint density at radius 3 is 2.40 bits per heavy atom. The maximum Gasteiger partial charge on any atom is 0.150 e. The summed E-state index contributed by atoms with van der Waals surface area (Å²) >= 11 is 0. The number of phenolic OH excluding ortho intramolecular Hbond substituents is 1. The summed E-state index contributed by atoms with van der Waals surface area (Å²) < 4.78 is 1.90. The predicted molar refractivity (Wildman–Crippen MR) is 79.9 cm³/mol. The van der Waals surface area contributed by atoms with E-state index in [9.17, 15) is 10.2 Å². The summed E-state index contributed by atoms with van der Waals surface area (Å²) in [6.07, 6.45) is 1.63. The summed E-state index contributed by atoms with van der Waals surface area (Å²) in [4.78, 5) is 4.32. The van der Waals surface area contributed by atoms with Crippen LogP contribution in [0.2, 0.25) is 0 Å². The van der Waals surface area contributed by atoms with Gasteiger partial charge in [-0.2, -0.15) is 0 Å². The van der Waals surface area contributed by atoms with Crippen LogP contribution in [0, 0.1) is 0 Å². The molecular weight excluding hydrogens is 252 g/mol. The van der Waals surface area contributed by atoms with Crippen molar-refractivity contribution in [3.63, 3.8) is 0 Å². The SMILES string of the molecule is Cn1c(C=Nc2ccc(O)cc2)c(O)c2ccccc21. The number of aliphatic imine (C=N–C) groups is 1. The van der Waals surface area contributed by atoms with Crippen LogP contribution < -0.4 is 0 Å². The van der Waals surface area contributed by atoms with Crippen molar-refractivity contribution in [1.29, 1.82) is 0 Å². The van der Waals surface area contributed by atoms with Gasteiger partial charge in [0.15, 0.2) is 0 Å². The summed E-state index contributed by atoms with van der Waals surface area (Å²) in [6, 6.07) is 14.2. The molecular formula is C16H14N2O2. The summed E-state index contributed by atoms with van der Waals surface area (Å²) in [5, 5.41) is 20.3. The normalized spacial score (nSPS) is 11.4. The molecule has 0 aliphatic carbocycles. The van der Waals surface area contributed by atoms with Crippen LogP contribution in [-0.4, -0.2) is 21.0 Å². The van der Waals surface area contributed by atoms with Crippen molar-refractivity contribution in [3.05, 3.63) is 54.2 Å². The van der Waals surface area contributed by atoms with Crippen LogP contribution in [0.25, 0.3) is 10.9 Å². The van der Waals surface area contributed by atoms with E-state index in [0.717, 1.165) is 10.9 Å². The Labute approximate surface area is 116 Å². The van der Waals surface area contributed by atoms with Crippen molar-refractivity contribution in [2.24, 2.45) is 12.0 Å². The topological polar surface area (TPSA) is 57.8 Å². The van der Waals surface area contributed by atoms with Gasteiger partial charge in [-0.1, -0.05) is 12.1 Å². The number of para-hydroxylation sites is 1. The number of hydrogen-bond donors (Lipinski definition) is 2. The number of fused-ring (bicyclic) bond motifs is 1. The molecule has 0 saturated heterocycles. The van der Waals surface area contributed by atoms with Crippen LogP contribution in [0.3, 0.4) is 0 Å². The van der Waals surface area contributed by atoms with Gasteiger partial charge in [0.2, 0.25) is 0 Å². The third-order valence-corrected chi connectivity index (χ3v) is 3.31. The second kappa shape index (κ2) is 4.74. The van der Waals surface area contributed by atoms with Gasteiger partial charge in [0, 0.05) is 12.4 Å². The molecule has 20 heavy (non-hydrogen) atoms. The zero-order chi connectivity index (χ0) is 14.1. The molecule has 4 heteroatoms. The van der Waals surface area contributed by atoms with Crippen LogP contribution in [0.5, 0.6) is 11.5 Å². The van der Waals surface area contributed by atoms with E-state index in [1.54, 1.807) is 30.5 Å². The van der Waals surface area contributed by atoms with Gasteiger partial charge in [-0.15, -0.1) is 0 Å². The van der Waals surface area contributed by atoms with Crippen LogP contribution in [0.4, 0.5) is 5.69 Å². The zero-order valence-corrected chi connectivity index (χ0v) is 11.0. The van der Waals surface area contributed by atoms with Crippen molar-refractivity contribution >= 4 is 22.8 Å². The highest BCUT2D eigenvalue weighted by atomic mass is 16.3. The molecule has 0 radical (unpaired) electrons. The molecule has 0 spiro atoms. The van der Waals surface area contributed by atoms with Gasteiger partial charge >= 0.3 is 0 Å². The second-order valence-electron chi connectivity index (χ2n) is 4.58. The Morgan fingerprint density at radius 1 is 1.00 bits per heavy atom. The molecule has 100 valence electrons. The minimum atomic E-state index is 0.205. The minimum Gasteiger partial charge on any atom is -0.508 e. The van der Waals surface area contributed by atoms with E-state index in [-0.39, 0.29) is 11.5 Å². The van der Waals surface area contributed by atoms with Crippen molar-refractivity contribution in [2.45, 2.75) is 0 Å². The number of nitrogens with zero attached hydrogens (tertiary/aromatic N) is 2. The predicted octanol–water partition coefficient (Wildman–Crippen LogP) is 3.34. The summed E-state index contributed by atoms with van der Waals surface area (Å²) in [5.41, 5.74) is 2.32. The van der Waals surface area contributed by atoms with Gasteiger partial charge in [-0.05, 0) is 36.4 Å². The lowest BCUT2D eigenvalue weighted by atomic mass is 10.2. The lowest BCUT2D eigenvalue weighted by Gasteiger charge is -1.99. The third-order valence-electron chi connectivity index (χ3n) is 3.31. The van der Waals surface area contributed by atoms with Gasteiger partial charge < -0.3 is 14.8 Å². The van der Waals surface area contributed by atoms with Gasteiger partial charge in [0.25, 0.3) is 0 Å². The fourth-order valence-corrected chi connectivity index (χ4v) is 2.22. The molecule has 1 aromatic heterocycles. The number of aromatic hydroxyl groups is 2. The van der Waals surface area contributed by atoms with E-state index in [1.807, 2.05) is 35.9 Å². The fourth-order valence-electron chi connectivity index (χ4n) is 2.22. The molecule has 0 aliphatic rings. The molecule has 0 fully saturated rings. The molecule has 3 aromatic rings. The zero-order valence-electron chi connectivity index (χ0n) is 11.0. The first-order valence-electron chi connectivity index (χ1n) is 6.26. The number of rotatable bonds is 2. The van der Waals surface area contributed by atoms with Crippen molar-refractivity contribution in [3.8, 4) is 11.5 Å². The average molecular weight is 266 g/mol. The fraction of sp³-hybridized carbons (Fsp3) is 0.0625. The second-order valence-corrected chi connectivity index (χ2v) is 4.58. The molecule has 3 rings (SSSR count). The van der Waals surface area contributed by atoms with Crippen LogP contribution in [0.15, 0.2) is 53.5 Å². The van der Waals surface area contributed by atoms with E-state index in [1.165, 1.54) is 0 Å². The van der Waals surface area contributed by atoms with Crippen molar-refractivity contribution in [1.82, 2.24) is 4.57 Å². The summed E-state index contributed by atoms with van der Waals surface area (Å²) in [6.45, 7) is 0. The van der Waals surface area contributed by atoms with E-state index < -0.39 is 0 Å². The largest absolute Gasteiger partial charge is 0.508 e. The minimum absolute atomic E-state index is 0.205. The lowest BCUT2D eigenvalue weighted by molar-refractivity contribution is 0.475. The summed E-state index contributed by atoms with van der Waals surface area (Å²) in [5.74, 6) is 0.432. The smallest absolute Gasteiger partial charge is 0.150 e. The maximum atomic E-state index is 10.2. The maximum absolute atomic E-state index is 10.2. The van der Waals surface area contributed by atoms with E-state index in [2.05, 4.69) is 4.99 Å². The first-order valence-corrected chi connectivity index (χ1v) is 6.26. The van der Waals surface area contributed by atoms with Crippen LogP contribution >= 0.6 is 0 Å². The Bertz CT molecular complexity index is 747. The molecule has 0 bridgehead atoms. The monoisotopic (exact) mass is 266 g/mol. The van der Waals surface area contributed by atoms with Crippen LogP contribution in [-0.2, 0) is 7.05 Å². The van der Waals surface area contributed by atoms with Gasteiger partial charge in [0.1, 0.15) is 17.2 Å². The number of aryl methyl sites for hydroxylation is 1. The molecule has 0 amide bonds. The molecule has 1 heterocycles. The number of benzene rings is 2. The van der Waals surface area contributed by atoms with E-state index in [4.69, 9.17) is 0 Å². The first kappa shape index (κ1) is 12.3. The lowest BCUT2D eigenvalue weighted by Crippen LogP contribution is -1.94. The highest BCUT2D eigenvalue weighted by Gasteiger charge is 2.11. The molecule has 4 nitrogen and oxygen atoms in total. The molecule has 0 saturated carbocycles. The number of aromatic nitrogens is 1. The van der Waals surface area contributed by atoms with E-state index in [0.29, 0.717) is 11.4 Å². The van der Waals surface area contributed by atoms with Crippen molar-refractivity contribution in [2.75, 3.05) is 0 Å². The van der Waals surface area contributed by atoms with Crippen LogP contribution in [0.1, 0.15) is 5.69 Å². The van der Waals surface area contributed by atoms with E-state index >= 15 is 0 Å². The number of hydrogen-bond acceptors (Lipinski definition) is 3. The molecule has 0 atom stereocenters. The Morgan fingerprint density at radius 2 is 1.70 bits per heavy atom. The standard InChI is InChI=1S/C16H14N2O2/c1-18-14-5-3-2-4-13(14)16(20)15(18)10-17-11-6-8-12(19)9-7-11/h2-10,19-20H,1H3. The van der Waals surface area contributed by atoms with Crippen molar-refractivity contribution < 1.29 is 10.2 Å². The molecule has 2 aromatic carbocycles. The molecule has 0 aliphatic heterocycles. The highest BCUT2D eigenvalue weighted by molar-refractivity contribution is 5.97. The quantitative estimate of drug-likeness (QED) is 0.699. The third kappa shape index (κ3) is 2.01.